The first-order valence-electron chi connectivity index (χ1n) is 5.33. The largest absolute Gasteiger partial charge is 0.368 e. The SMILES string of the molecule is Cc1nc(NN)c(C)c(NCC(C)S(C)=O)n1. The monoisotopic (exact) mass is 257 g/mol. The molecule has 96 valence electrons. The molecule has 0 fully saturated rings. The van der Waals surface area contributed by atoms with Crippen molar-refractivity contribution in [3.63, 3.8) is 0 Å². The zero-order valence-electron chi connectivity index (χ0n) is 10.6. The first kappa shape index (κ1) is 13.9. The van der Waals surface area contributed by atoms with Crippen molar-refractivity contribution in [1.29, 1.82) is 0 Å². The summed E-state index contributed by atoms with van der Waals surface area (Å²) in [6.45, 7) is 6.20. The van der Waals surface area contributed by atoms with E-state index in [4.69, 9.17) is 5.84 Å². The minimum Gasteiger partial charge on any atom is -0.368 e. The highest BCUT2D eigenvalue weighted by Crippen LogP contribution is 2.18. The van der Waals surface area contributed by atoms with E-state index in [2.05, 4.69) is 20.7 Å². The van der Waals surface area contributed by atoms with E-state index in [1.165, 1.54) is 0 Å². The average molecular weight is 257 g/mol. The molecule has 2 atom stereocenters. The summed E-state index contributed by atoms with van der Waals surface area (Å²) in [6, 6.07) is 0. The molecule has 7 heteroatoms. The second-order valence-corrected chi connectivity index (χ2v) is 5.73. The predicted octanol–water partition coefficient (Wildman–Crippen LogP) is 0.558. The number of nitrogens with two attached hydrogens (primary N) is 1. The minimum atomic E-state index is -0.849. The third kappa shape index (κ3) is 3.64. The van der Waals surface area contributed by atoms with Crippen molar-refractivity contribution in [2.45, 2.75) is 26.0 Å². The molecule has 0 aliphatic carbocycles. The molecule has 0 aliphatic heterocycles. The van der Waals surface area contributed by atoms with Gasteiger partial charge in [-0.25, -0.2) is 15.8 Å². The van der Waals surface area contributed by atoms with Crippen molar-refractivity contribution in [1.82, 2.24) is 9.97 Å². The number of aromatic nitrogens is 2. The van der Waals surface area contributed by atoms with Crippen LogP contribution in [0.5, 0.6) is 0 Å². The van der Waals surface area contributed by atoms with Gasteiger partial charge in [0.1, 0.15) is 17.5 Å². The van der Waals surface area contributed by atoms with Gasteiger partial charge in [0.25, 0.3) is 0 Å². The van der Waals surface area contributed by atoms with Gasteiger partial charge in [-0.2, -0.15) is 0 Å². The number of nitrogen functional groups attached to an aromatic ring is 1. The molecule has 0 amide bonds. The molecule has 1 aromatic rings. The number of anilines is 2. The normalized spacial score (nSPS) is 14.2. The maximum Gasteiger partial charge on any atom is 0.148 e. The number of nitrogens with one attached hydrogen (secondary N) is 2. The molecule has 6 nitrogen and oxygen atoms in total. The minimum absolute atomic E-state index is 0.0685. The summed E-state index contributed by atoms with van der Waals surface area (Å²) in [4.78, 5) is 8.46. The molecule has 0 spiro atoms. The maximum absolute atomic E-state index is 11.2. The summed E-state index contributed by atoms with van der Waals surface area (Å²) in [6.07, 6.45) is 1.69. The van der Waals surface area contributed by atoms with Crippen LogP contribution in [0.4, 0.5) is 11.6 Å². The van der Waals surface area contributed by atoms with E-state index >= 15 is 0 Å². The van der Waals surface area contributed by atoms with Crippen molar-refractivity contribution in [2.75, 3.05) is 23.5 Å². The Labute approximate surface area is 104 Å². The van der Waals surface area contributed by atoms with Crippen LogP contribution in [0.15, 0.2) is 0 Å². The second kappa shape index (κ2) is 5.92. The quantitative estimate of drug-likeness (QED) is 0.527. The Balaban J connectivity index is 2.84. The van der Waals surface area contributed by atoms with Crippen molar-refractivity contribution in [3.8, 4) is 0 Å². The summed E-state index contributed by atoms with van der Waals surface area (Å²) in [5, 5.41) is 3.24. The van der Waals surface area contributed by atoms with Crippen LogP contribution in [-0.2, 0) is 10.8 Å². The van der Waals surface area contributed by atoms with Crippen LogP contribution in [0.2, 0.25) is 0 Å². The standard InChI is InChI=1S/C10H19N5OS/c1-6(17(4)16)5-12-9-7(2)10(15-11)14-8(3)13-9/h6H,5,11H2,1-4H3,(H2,12,13,14,15). The molecular formula is C10H19N5OS. The third-order valence-electron chi connectivity index (χ3n) is 2.52. The van der Waals surface area contributed by atoms with Gasteiger partial charge >= 0.3 is 0 Å². The Morgan fingerprint density at radius 3 is 2.47 bits per heavy atom. The summed E-state index contributed by atoms with van der Waals surface area (Å²) in [7, 11) is -0.849. The lowest BCUT2D eigenvalue weighted by molar-refractivity contribution is 0.678. The van der Waals surface area contributed by atoms with E-state index in [1.807, 2.05) is 13.8 Å². The molecule has 1 aromatic heterocycles. The number of hydrazine groups is 1. The van der Waals surface area contributed by atoms with Crippen LogP contribution in [0.25, 0.3) is 0 Å². The molecule has 1 rings (SSSR count). The highest BCUT2D eigenvalue weighted by Gasteiger charge is 2.10. The number of rotatable bonds is 5. The summed E-state index contributed by atoms with van der Waals surface area (Å²) in [5.74, 6) is 7.34. The zero-order chi connectivity index (χ0) is 13.0. The number of hydrogen-bond donors (Lipinski definition) is 3. The smallest absolute Gasteiger partial charge is 0.148 e. The fourth-order valence-corrected chi connectivity index (χ4v) is 1.62. The lowest BCUT2D eigenvalue weighted by Gasteiger charge is -2.14. The van der Waals surface area contributed by atoms with Gasteiger partial charge in [0, 0.05) is 34.4 Å². The first-order chi connectivity index (χ1) is 7.95. The molecule has 17 heavy (non-hydrogen) atoms. The molecule has 1 heterocycles. The van der Waals surface area contributed by atoms with Crippen molar-refractivity contribution < 1.29 is 4.21 Å². The molecule has 2 unspecified atom stereocenters. The number of nitrogens with zero attached hydrogens (tertiary/aromatic N) is 2. The number of hydrogen-bond acceptors (Lipinski definition) is 6. The lowest BCUT2D eigenvalue weighted by atomic mass is 10.3. The highest BCUT2D eigenvalue weighted by atomic mass is 32.2. The predicted molar refractivity (Wildman–Crippen MR) is 71.3 cm³/mol. The highest BCUT2D eigenvalue weighted by molar-refractivity contribution is 7.84. The van der Waals surface area contributed by atoms with Crippen LogP contribution < -0.4 is 16.6 Å². The van der Waals surface area contributed by atoms with Crippen molar-refractivity contribution >= 4 is 22.4 Å². The molecule has 4 N–H and O–H groups in total. The van der Waals surface area contributed by atoms with Crippen LogP contribution in [0, 0.1) is 13.8 Å². The van der Waals surface area contributed by atoms with E-state index in [0.29, 0.717) is 18.2 Å². The summed E-state index contributed by atoms with van der Waals surface area (Å²) < 4.78 is 11.2. The van der Waals surface area contributed by atoms with Crippen LogP contribution >= 0.6 is 0 Å². The Morgan fingerprint density at radius 1 is 1.35 bits per heavy atom. The van der Waals surface area contributed by atoms with Gasteiger partial charge in [0.15, 0.2) is 0 Å². The lowest BCUT2D eigenvalue weighted by Crippen LogP contribution is -2.22. The summed E-state index contributed by atoms with van der Waals surface area (Å²) >= 11 is 0. The second-order valence-electron chi connectivity index (χ2n) is 3.93. The molecule has 0 saturated heterocycles. The fourth-order valence-electron chi connectivity index (χ4n) is 1.30. The Morgan fingerprint density at radius 2 is 1.94 bits per heavy atom. The maximum atomic E-state index is 11.2. The van der Waals surface area contributed by atoms with Gasteiger partial charge in [-0.1, -0.05) is 0 Å². The van der Waals surface area contributed by atoms with Crippen LogP contribution in [0.1, 0.15) is 18.3 Å². The van der Waals surface area contributed by atoms with Gasteiger partial charge in [0.05, 0.1) is 0 Å². The van der Waals surface area contributed by atoms with E-state index in [9.17, 15) is 4.21 Å². The zero-order valence-corrected chi connectivity index (χ0v) is 11.4. The Kier molecular flexibility index (Phi) is 4.83. The van der Waals surface area contributed by atoms with E-state index in [0.717, 1.165) is 11.4 Å². The van der Waals surface area contributed by atoms with Gasteiger partial charge in [-0.15, -0.1) is 0 Å². The Hall–Kier alpha value is -1.21. The molecule has 0 aliphatic rings. The van der Waals surface area contributed by atoms with E-state index < -0.39 is 10.8 Å². The van der Waals surface area contributed by atoms with Gasteiger partial charge in [-0.05, 0) is 20.8 Å². The molecule has 0 radical (unpaired) electrons. The van der Waals surface area contributed by atoms with Crippen molar-refractivity contribution in [2.24, 2.45) is 5.84 Å². The molecule has 0 aromatic carbocycles. The van der Waals surface area contributed by atoms with Gasteiger partial charge in [0.2, 0.25) is 0 Å². The average Bonchev–Trinajstić information content (AvgIpc) is 2.29. The van der Waals surface area contributed by atoms with Crippen molar-refractivity contribution in [3.05, 3.63) is 11.4 Å². The number of aryl methyl sites for hydroxylation is 1. The molecule has 0 saturated carbocycles. The van der Waals surface area contributed by atoms with Gasteiger partial charge < -0.3 is 10.7 Å². The topological polar surface area (TPSA) is 92.9 Å². The molecule has 0 bridgehead atoms. The molecular weight excluding hydrogens is 238 g/mol. The van der Waals surface area contributed by atoms with Crippen LogP contribution in [-0.4, -0.2) is 32.2 Å². The van der Waals surface area contributed by atoms with E-state index in [-0.39, 0.29) is 5.25 Å². The fraction of sp³-hybridized carbons (Fsp3) is 0.600. The first-order valence-corrected chi connectivity index (χ1v) is 6.95. The Bertz CT molecular complexity index is 423. The third-order valence-corrected chi connectivity index (χ3v) is 3.82. The van der Waals surface area contributed by atoms with E-state index in [1.54, 1.807) is 13.2 Å². The van der Waals surface area contributed by atoms with Crippen LogP contribution in [0.3, 0.4) is 0 Å². The van der Waals surface area contributed by atoms with Gasteiger partial charge in [-0.3, -0.25) is 4.21 Å². The summed E-state index contributed by atoms with van der Waals surface area (Å²) in [5.41, 5.74) is 3.39.